The van der Waals surface area contributed by atoms with E-state index in [2.05, 4.69) is 15.6 Å². The molecule has 0 fully saturated rings. The number of nitrogens with zero attached hydrogens (tertiary/aromatic N) is 1. The Morgan fingerprint density at radius 3 is 2.51 bits per heavy atom. The fourth-order valence-electron chi connectivity index (χ4n) is 3.88. The first-order chi connectivity index (χ1) is 16.9. The van der Waals surface area contributed by atoms with Gasteiger partial charge in [0.1, 0.15) is 5.70 Å². The van der Waals surface area contributed by atoms with Crippen LogP contribution < -0.4 is 10.6 Å². The lowest BCUT2D eigenvalue weighted by molar-refractivity contribution is -0.384. The summed E-state index contributed by atoms with van der Waals surface area (Å²) in [4.78, 5) is 39.7. The molecule has 0 aliphatic heterocycles. The third-order valence-corrected chi connectivity index (χ3v) is 5.61. The summed E-state index contributed by atoms with van der Waals surface area (Å²) in [6.45, 7) is 2.36. The summed E-state index contributed by atoms with van der Waals surface area (Å²) in [6.07, 6.45) is 2.18. The number of aromatic nitrogens is 1. The molecular formula is C27H24N4O4. The van der Waals surface area contributed by atoms with Crippen molar-refractivity contribution in [1.82, 2.24) is 15.6 Å². The van der Waals surface area contributed by atoms with Crippen molar-refractivity contribution in [3.8, 4) is 0 Å². The molecule has 8 nitrogen and oxygen atoms in total. The van der Waals surface area contributed by atoms with E-state index in [-0.39, 0.29) is 16.9 Å². The van der Waals surface area contributed by atoms with E-state index in [0.717, 1.165) is 27.7 Å². The standard InChI is InChI=1S/C27H24N4O4/c1-18-22(23-12-5-6-13-24(23)29-18)14-15-28-27(33)25(16-19-8-3-2-4-9-19)30-26(32)20-10-7-11-21(17-20)31(34)35/h2-13,16-17,29H,14-15H2,1H3,(H,28,33)(H,30,32)/b25-16-. The number of non-ortho nitro benzene ring substituents is 1. The van der Waals surface area contributed by atoms with Crippen molar-refractivity contribution >= 4 is 34.5 Å². The van der Waals surface area contributed by atoms with Crippen LogP contribution in [-0.4, -0.2) is 28.3 Å². The number of hydrogen-bond donors (Lipinski definition) is 3. The SMILES string of the molecule is Cc1[nH]c2ccccc2c1CCNC(=O)/C(=C/c1ccccc1)NC(=O)c1cccc([N+](=O)[O-])c1. The van der Waals surface area contributed by atoms with E-state index in [4.69, 9.17) is 0 Å². The molecule has 0 saturated heterocycles. The van der Waals surface area contributed by atoms with Crippen molar-refractivity contribution < 1.29 is 14.5 Å². The average molecular weight is 469 g/mol. The number of rotatable bonds is 8. The summed E-state index contributed by atoms with van der Waals surface area (Å²) in [6, 6.07) is 22.5. The first-order valence-electron chi connectivity index (χ1n) is 11.1. The summed E-state index contributed by atoms with van der Waals surface area (Å²) >= 11 is 0. The first-order valence-corrected chi connectivity index (χ1v) is 11.1. The second-order valence-corrected chi connectivity index (χ2v) is 8.01. The molecule has 3 aromatic carbocycles. The minimum absolute atomic E-state index is 0.0448. The lowest BCUT2D eigenvalue weighted by Crippen LogP contribution is -2.35. The highest BCUT2D eigenvalue weighted by Crippen LogP contribution is 2.22. The molecule has 0 radical (unpaired) electrons. The summed E-state index contributed by atoms with van der Waals surface area (Å²) in [5, 5.41) is 17.7. The van der Waals surface area contributed by atoms with Gasteiger partial charge >= 0.3 is 0 Å². The van der Waals surface area contributed by atoms with Crippen LogP contribution in [0.25, 0.3) is 17.0 Å². The van der Waals surface area contributed by atoms with Crippen LogP contribution in [0.5, 0.6) is 0 Å². The molecule has 1 aromatic heterocycles. The Labute approximate surface area is 201 Å². The normalized spacial score (nSPS) is 11.3. The number of carbonyl (C=O) groups excluding carboxylic acids is 2. The Bertz CT molecular complexity index is 1420. The van der Waals surface area contributed by atoms with Gasteiger partial charge in [-0.1, -0.05) is 54.6 Å². The molecule has 0 saturated carbocycles. The molecule has 4 rings (SSSR count). The number of fused-ring (bicyclic) bond motifs is 1. The van der Waals surface area contributed by atoms with E-state index in [9.17, 15) is 19.7 Å². The van der Waals surface area contributed by atoms with Gasteiger partial charge in [-0.05, 0) is 42.7 Å². The summed E-state index contributed by atoms with van der Waals surface area (Å²) < 4.78 is 0. The first kappa shape index (κ1) is 23.4. The molecule has 0 aliphatic rings. The van der Waals surface area contributed by atoms with E-state index in [1.807, 2.05) is 61.5 Å². The number of benzene rings is 3. The molecule has 2 amide bonds. The number of para-hydroxylation sites is 1. The molecule has 8 heteroatoms. The number of carbonyl (C=O) groups is 2. The molecule has 0 spiro atoms. The van der Waals surface area contributed by atoms with Crippen LogP contribution in [0.3, 0.4) is 0 Å². The van der Waals surface area contributed by atoms with Crippen molar-refractivity contribution in [2.45, 2.75) is 13.3 Å². The van der Waals surface area contributed by atoms with Gasteiger partial charge < -0.3 is 15.6 Å². The van der Waals surface area contributed by atoms with Gasteiger partial charge in [-0.25, -0.2) is 0 Å². The van der Waals surface area contributed by atoms with E-state index in [1.54, 1.807) is 6.08 Å². The van der Waals surface area contributed by atoms with Crippen LogP contribution in [0.4, 0.5) is 5.69 Å². The Morgan fingerprint density at radius 1 is 1.00 bits per heavy atom. The molecule has 3 N–H and O–H groups in total. The van der Waals surface area contributed by atoms with Crippen LogP contribution in [0.2, 0.25) is 0 Å². The molecule has 0 aliphatic carbocycles. The van der Waals surface area contributed by atoms with Gasteiger partial charge in [-0.15, -0.1) is 0 Å². The number of H-pyrrole nitrogens is 1. The zero-order chi connectivity index (χ0) is 24.8. The van der Waals surface area contributed by atoms with Crippen molar-refractivity contribution in [2.75, 3.05) is 6.54 Å². The number of nitro groups is 1. The van der Waals surface area contributed by atoms with Gasteiger partial charge in [0.2, 0.25) is 0 Å². The van der Waals surface area contributed by atoms with Gasteiger partial charge in [0.25, 0.3) is 17.5 Å². The second kappa shape index (κ2) is 10.5. The number of nitro benzene ring substituents is 1. The Hall–Kier alpha value is -4.72. The largest absolute Gasteiger partial charge is 0.358 e. The van der Waals surface area contributed by atoms with Crippen LogP contribution in [0.1, 0.15) is 27.2 Å². The van der Waals surface area contributed by atoms with Gasteiger partial charge in [0, 0.05) is 40.8 Å². The summed E-state index contributed by atoms with van der Waals surface area (Å²) in [7, 11) is 0. The highest BCUT2D eigenvalue weighted by Gasteiger charge is 2.17. The average Bonchev–Trinajstić information content (AvgIpc) is 3.19. The smallest absolute Gasteiger partial charge is 0.270 e. The Balaban J connectivity index is 1.51. The molecule has 0 atom stereocenters. The van der Waals surface area contributed by atoms with Crippen molar-refractivity contribution in [1.29, 1.82) is 0 Å². The fourth-order valence-corrected chi connectivity index (χ4v) is 3.88. The maximum atomic E-state index is 13.1. The molecule has 176 valence electrons. The third kappa shape index (κ3) is 5.62. The zero-order valence-electron chi connectivity index (χ0n) is 19.1. The summed E-state index contributed by atoms with van der Waals surface area (Å²) in [5.41, 5.74) is 3.85. The minimum atomic E-state index is -0.612. The Morgan fingerprint density at radius 2 is 1.74 bits per heavy atom. The highest BCUT2D eigenvalue weighted by atomic mass is 16.6. The topological polar surface area (TPSA) is 117 Å². The van der Waals surface area contributed by atoms with Gasteiger partial charge in [-0.2, -0.15) is 0 Å². The summed E-state index contributed by atoms with van der Waals surface area (Å²) in [5.74, 6) is -1.07. The van der Waals surface area contributed by atoms with E-state index in [0.29, 0.717) is 13.0 Å². The van der Waals surface area contributed by atoms with Crippen LogP contribution in [-0.2, 0) is 11.2 Å². The minimum Gasteiger partial charge on any atom is -0.358 e. The number of aromatic amines is 1. The quantitative estimate of drug-likeness (QED) is 0.200. The van der Waals surface area contributed by atoms with Crippen molar-refractivity contribution in [3.05, 3.63) is 117 Å². The third-order valence-electron chi connectivity index (χ3n) is 5.61. The maximum Gasteiger partial charge on any atom is 0.270 e. The molecule has 0 unspecified atom stereocenters. The number of amides is 2. The molecule has 0 bridgehead atoms. The predicted octanol–water partition coefficient (Wildman–Crippen LogP) is 4.51. The Kier molecular flexibility index (Phi) is 7.02. The fraction of sp³-hybridized carbons (Fsp3) is 0.111. The predicted molar refractivity (Wildman–Crippen MR) is 135 cm³/mol. The maximum absolute atomic E-state index is 13.1. The van der Waals surface area contributed by atoms with Crippen LogP contribution in [0, 0.1) is 17.0 Å². The van der Waals surface area contributed by atoms with Crippen molar-refractivity contribution in [3.63, 3.8) is 0 Å². The number of aryl methyl sites for hydroxylation is 1. The van der Waals surface area contributed by atoms with E-state index < -0.39 is 16.7 Å². The van der Waals surface area contributed by atoms with E-state index >= 15 is 0 Å². The number of nitrogens with one attached hydrogen (secondary N) is 3. The monoisotopic (exact) mass is 468 g/mol. The molecule has 4 aromatic rings. The number of hydrogen-bond acceptors (Lipinski definition) is 4. The van der Waals surface area contributed by atoms with Gasteiger partial charge in [0.15, 0.2) is 0 Å². The van der Waals surface area contributed by atoms with Gasteiger partial charge in [0.05, 0.1) is 4.92 Å². The van der Waals surface area contributed by atoms with Crippen molar-refractivity contribution in [2.24, 2.45) is 0 Å². The van der Waals surface area contributed by atoms with Crippen LogP contribution in [0.15, 0.2) is 84.6 Å². The molecule has 35 heavy (non-hydrogen) atoms. The second-order valence-electron chi connectivity index (χ2n) is 8.01. The molecule has 1 heterocycles. The lowest BCUT2D eigenvalue weighted by Gasteiger charge is -2.12. The van der Waals surface area contributed by atoms with Crippen LogP contribution >= 0.6 is 0 Å². The lowest BCUT2D eigenvalue weighted by atomic mass is 10.1. The molecular weight excluding hydrogens is 444 g/mol. The van der Waals surface area contributed by atoms with Gasteiger partial charge in [-0.3, -0.25) is 19.7 Å². The van der Waals surface area contributed by atoms with E-state index in [1.165, 1.54) is 24.3 Å². The highest BCUT2D eigenvalue weighted by molar-refractivity contribution is 6.05. The zero-order valence-corrected chi connectivity index (χ0v) is 19.1.